The summed E-state index contributed by atoms with van der Waals surface area (Å²) in [7, 11) is 0. The highest BCUT2D eigenvalue weighted by Crippen LogP contribution is 2.21. The second kappa shape index (κ2) is 6.09. The summed E-state index contributed by atoms with van der Waals surface area (Å²) < 4.78 is 0. The van der Waals surface area contributed by atoms with E-state index < -0.39 is 0 Å². The Kier molecular flexibility index (Phi) is 4.46. The summed E-state index contributed by atoms with van der Waals surface area (Å²) in [6.45, 7) is 7.14. The Labute approximate surface area is 116 Å². The van der Waals surface area contributed by atoms with E-state index in [9.17, 15) is 4.79 Å². The minimum Gasteiger partial charge on any atom is -0.322 e. The fourth-order valence-electron chi connectivity index (χ4n) is 2.65. The van der Waals surface area contributed by atoms with Crippen molar-refractivity contribution in [2.45, 2.75) is 52.5 Å². The highest BCUT2D eigenvalue weighted by Gasteiger charge is 2.22. The van der Waals surface area contributed by atoms with Crippen molar-refractivity contribution in [3.05, 3.63) is 29.3 Å². The van der Waals surface area contributed by atoms with Crippen LogP contribution >= 0.6 is 0 Å². The van der Waals surface area contributed by atoms with Gasteiger partial charge in [-0.05, 0) is 50.8 Å². The van der Waals surface area contributed by atoms with Crippen molar-refractivity contribution in [3.63, 3.8) is 0 Å². The summed E-state index contributed by atoms with van der Waals surface area (Å²) in [6.07, 6.45) is 4.69. The SMILES string of the molecule is Cc1cccc(NC(=O)N2CCCCC[C@@H]2C)c1C. The molecule has 1 aromatic carbocycles. The first-order chi connectivity index (χ1) is 9.09. The molecule has 0 saturated carbocycles. The van der Waals surface area contributed by atoms with Crippen LogP contribution in [-0.2, 0) is 0 Å². The molecule has 0 bridgehead atoms. The number of anilines is 1. The van der Waals surface area contributed by atoms with E-state index in [0.29, 0.717) is 6.04 Å². The first-order valence-electron chi connectivity index (χ1n) is 7.23. The molecule has 1 fully saturated rings. The van der Waals surface area contributed by atoms with Gasteiger partial charge in [0.25, 0.3) is 0 Å². The number of nitrogens with one attached hydrogen (secondary N) is 1. The monoisotopic (exact) mass is 260 g/mol. The molecule has 0 spiro atoms. The van der Waals surface area contributed by atoms with Gasteiger partial charge in [-0.1, -0.05) is 25.0 Å². The zero-order valence-electron chi connectivity index (χ0n) is 12.2. The van der Waals surface area contributed by atoms with Crippen molar-refractivity contribution in [3.8, 4) is 0 Å². The predicted octanol–water partition coefficient (Wildman–Crippen LogP) is 4.10. The van der Waals surface area contributed by atoms with E-state index in [-0.39, 0.29) is 6.03 Å². The molecular weight excluding hydrogens is 236 g/mol. The van der Waals surface area contributed by atoms with Gasteiger partial charge in [-0.2, -0.15) is 0 Å². The van der Waals surface area contributed by atoms with Crippen molar-refractivity contribution in [2.75, 3.05) is 11.9 Å². The van der Waals surface area contributed by atoms with Gasteiger partial charge in [0, 0.05) is 18.3 Å². The highest BCUT2D eigenvalue weighted by molar-refractivity contribution is 5.90. The normalized spacial score (nSPS) is 19.9. The van der Waals surface area contributed by atoms with Gasteiger partial charge in [-0.25, -0.2) is 4.79 Å². The molecule has 2 rings (SSSR count). The van der Waals surface area contributed by atoms with Crippen LogP contribution in [0, 0.1) is 13.8 Å². The number of nitrogens with zero attached hydrogens (tertiary/aromatic N) is 1. The molecule has 104 valence electrons. The van der Waals surface area contributed by atoms with E-state index in [1.54, 1.807) is 0 Å². The summed E-state index contributed by atoms with van der Waals surface area (Å²) in [6, 6.07) is 6.42. The third-order valence-corrected chi connectivity index (χ3v) is 4.16. The lowest BCUT2D eigenvalue weighted by Gasteiger charge is -2.27. The fraction of sp³-hybridized carbons (Fsp3) is 0.562. The largest absolute Gasteiger partial charge is 0.322 e. The van der Waals surface area contributed by atoms with Gasteiger partial charge in [-0.15, -0.1) is 0 Å². The maximum atomic E-state index is 12.4. The van der Waals surface area contributed by atoms with Gasteiger partial charge in [0.05, 0.1) is 0 Å². The molecule has 2 amide bonds. The second-order valence-electron chi connectivity index (χ2n) is 5.57. The highest BCUT2D eigenvalue weighted by atomic mass is 16.2. The molecule has 0 aliphatic carbocycles. The van der Waals surface area contributed by atoms with Gasteiger partial charge < -0.3 is 10.2 Å². The predicted molar refractivity (Wildman–Crippen MR) is 79.6 cm³/mol. The van der Waals surface area contributed by atoms with E-state index in [1.165, 1.54) is 18.4 Å². The topological polar surface area (TPSA) is 32.3 Å². The van der Waals surface area contributed by atoms with Crippen molar-refractivity contribution >= 4 is 11.7 Å². The standard InChI is InChI=1S/C16H24N2O/c1-12-8-7-10-15(14(12)3)17-16(19)18-11-6-4-5-9-13(18)2/h7-8,10,13H,4-6,9,11H2,1-3H3,(H,17,19)/t13-/m0/s1. The molecule has 1 aliphatic rings. The van der Waals surface area contributed by atoms with Crippen LogP contribution < -0.4 is 5.32 Å². The Hall–Kier alpha value is -1.51. The van der Waals surface area contributed by atoms with Gasteiger partial charge in [0.15, 0.2) is 0 Å². The van der Waals surface area contributed by atoms with Crippen LogP contribution in [0.5, 0.6) is 0 Å². The minimum atomic E-state index is 0.0445. The summed E-state index contributed by atoms with van der Waals surface area (Å²) in [4.78, 5) is 14.4. The number of amides is 2. The number of carbonyl (C=O) groups is 1. The lowest BCUT2D eigenvalue weighted by Crippen LogP contribution is -2.41. The number of hydrogen-bond acceptors (Lipinski definition) is 1. The molecule has 3 nitrogen and oxygen atoms in total. The average Bonchev–Trinajstić information content (AvgIpc) is 2.59. The number of hydrogen-bond donors (Lipinski definition) is 1. The van der Waals surface area contributed by atoms with Crippen LogP contribution in [0.25, 0.3) is 0 Å². The Morgan fingerprint density at radius 1 is 1.26 bits per heavy atom. The summed E-state index contributed by atoms with van der Waals surface area (Å²) in [5, 5.41) is 3.07. The van der Waals surface area contributed by atoms with Gasteiger partial charge in [0.2, 0.25) is 0 Å². The average molecular weight is 260 g/mol. The maximum Gasteiger partial charge on any atom is 0.322 e. The first-order valence-corrected chi connectivity index (χ1v) is 7.23. The zero-order chi connectivity index (χ0) is 13.8. The number of aryl methyl sites for hydroxylation is 1. The molecule has 1 N–H and O–H groups in total. The molecule has 0 radical (unpaired) electrons. The van der Waals surface area contributed by atoms with E-state index in [0.717, 1.165) is 30.6 Å². The molecule has 3 heteroatoms. The number of likely N-dealkylation sites (tertiary alicyclic amines) is 1. The minimum absolute atomic E-state index is 0.0445. The molecule has 1 atom stereocenters. The molecular formula is C16H24N2O. The first kappa shape index (κ1) is 13.9. The van der Waals surface area contributed by atoms with Gasteiger partial charge in [-0.3, -0.25) is 0 Å². The number of urea groups is 1. The van der Waals surface area contributed by atoms with Crippen LogP contribution in [-0.4, -0.2) is 23.5 Å². The third kappa shape index (κ3) is 3.28. The Balaban J connectivity index is 2.09. The van der Waals surface area contributed by atoms with E-state index in [4.69, 9.17) is 0 Å². The van der Waals surface area contributed by atoms with Crippen molar-refractivity contribution in [1.82, 2.24) is 4.90 Å². The molecule has 1 heterocycles. The lowest BCUT2D eigenvalue weighted by atomic mass is 10.1. The van der Waals surface area contributed by atoms with Crippen molar-refractivity contribution in [1.29, 1.82) is 0 Å². The summed E-state index contributed by atoms with van der Waals surface area (Å²) in [5.41, 5.74) is 3.29. The summed E-state index contributed by atoms with van der Waals surface area (Å²) >= 11 is 0. The Morgan fingerprint density at radius 3 is 2.84 bits per heavy atom. The molecule has 19 heavy (non-hydrogen) atoms. The zero-order valence-corrected chi connectivity index (χ0v) is 12.2. The van der Waals surface area contributed by atoms with Crippen LogP contribution in [0.3, 0.4) is 0 Å². The summed E-state index contributed by atoms with van der Waals surface area (Å²) in [5.74, 6) is 0. The van der Waals surface area contributed by atoms with Crippen LogP contribution in [0.15, 0.2) is 18.2 Å². The van der Waals surface area contributed by atoms with Crippen LogP contribution in [0.4, 0.5) is 10.5 Å². The second-order valence-corrected chi connectivity index (χ2v) is 5.57. The third-order valence-electron chi connectivity index (χ3n) is 4.16. The van der Waals surface area contributed by atoms with E-state index in [1.807, 2.05) is 17.0 Å². The smallest absolute Gasteiger partial charge is 0.322 e. The molecule has 1 aliphatic heterocycles. The van der Waals surface area contributed by atoms with Crippen molar-refractivity contribution in [2.24, 2.45) is 0 Å². The molecule has 0 unspecified atom stereocenters. The maximum absolute atomic E-state index is 12.4. The number of benzene rings is 1. The van der Waals surface area contributed by atoms with Crippen molar-refractivity contribution < 1.29 is 4.79 Å². The van der Waals surface area contributed by atoms with Crippen LogP contribution in [0.2, 0.25) is 0 Å². The molecule has 1 saturated heterocycles. The Bertz CT molecular complexity index is 456. The van der Waals surface area contributed by atoms with E-state index >= 15 is 0 Å². The number of carbonyl (C=O) groups excluding carboxylic acids is 1. The quantitative estimate of drug-likeness (QED) is 0.810. The molecule has 0 aromatic heterocycles. The Morgan fingerprint density at radius 2 is 2.05 bits per heavy atom. The van der Waals surface area contributed by atoms with Gasteiger partial charge in [0.1, 0.15) is 0 Å². The number of rotatable bonds is 1. The molecule has 1 aromatic rings. The van der Waals surface area contributed by atoms with Gasteiger partial charge >= 0.3 is 6.03 Å². The lowest BCUT2D eigenvalue weighted by molar-refractivity contribution is 0.194. The van der Waals surface area contributed by atoms with E-state index in [2.05, 4.69) is 32.2 Å². The fourth-order valence-corrected chi connectivity index (χ4v) is 2.65. The van der Waals surface area contributed by atoms with Crippen LogP contribution in [0.1, 0.15) is 43.7 Å².